The summed E-state index contributed by atoms with van der Waals surface area (Å²) < 4.78 is 10.5. The van der Waals surface area contributed by atoms with Crippen molar-refractivity contribution in [3.05, 3.63) is 42.0 Å². The van der Waals surface area contributed by atoms with Gasteiger partial charge in [0, 0.05) is 20.1 Å². The molecule has 4 nitrogen and oxygen atoms in total. The first-order valence-electron chi connectivity index (χ1n) is 6.11. The molecule has 2 aromatic carbocycles. The van der Waals surface area contributed by atoms with Gasteiger partial charge in [-0.15, -0.1) is 0 Å². The summed E-state index contributed by atoms with van der Waals surface area (Å²) in [7, 11) is 1.62. The number of ether oxygens (including phenoxy) is 2. The van der Waals surface area contributed by atoms with Crippen LogP contribution in [-0.2, 0) is 4.74 Å². The Morgan fingerprint density at radius 2 is 1.95 bits per heavy atom. The van der Waals surface area contributed by atoms with E-state index in [-0.39, 0.29) is 5.56 Å². The molecule has 0 heterocycles. The predicted molar refractivity (Wildman–Crippen MR) is 72.9 cm³/mol. The molecular weight excluding hydrogens is 244 g/mol. The number of carboxylic acid groups (broad SMARTS) is 1. The second-order valence-corrected chi connectivity index (χ2v) is 4.16. The summed E-state index contributed by atoms with van der Waals surface area (Å²) in [6.45, 7) is 1.03. The Kier molecular flexibility index (Phi) is 4.36. The van der Waals surface area contributed by atoms with Gasteiger partial charge < -0.3 is 14.6 Å². The lowest BCUT2D eigenvalue weighted by molar-refractivity contribution is 0.0694. The Morgan fingerprint density at radius 3 is 2.68 bits per heavy atom. The van der Waals surface area contributed by atoms with E-state index in [2.05, 4.69) is 0 Å². The number of carbonyl (C=O) groups is 1. The van der Waals surface area contributed by atoms with Crippen LogP contribution in [0.25, 0.3) is 10.8 Å². The molecule has 100 valence electrons. The van der Waals surface area contributed by atoms with Gasteiger partial charge in [-0.2, -0.15) is 0 Å². The predicted octanol–water partition coefficient (Wildman–Crippen LogP) is 2.95. The number of aromatic carboxylic acids is 1. The maximum absolute atomic E-state index is 11.4. The van der Waals surface area contributed by atoms with Crippen LogP contribution < -0.4 is 4.74 Å². The third-order valence-corrected chi connectivity index (χ3v) is 2.86. The molecule has 2 aromatic rings. The number of hydrogen-bond acceptors (Lipinski definition) is 3. The molecular formula is C15H16O4. The highest BCUT2D eigenvalue weighted by molar-refractivity contribution is 6.06. The summed E-state index contributed by atoms with van der Waals surface area (Å²) in [5.41, 5.74) is 0.218. The van der Waals surface area contributed by atoms with E-state index >= 15 is 0 Å². The van der Waals surface area contributed by atoms with Crippen LogP contribution in [0.3, 0.4) is 0 Å². The Morgan fingerprint density at radius 1 is 1.16 bits per heavy atom. The quantitative estimate of drug-likeness (QED) is 0.811. The van der Waals surface area contributed by atoms with Crippen molar-refractivity contribution in [2.75, 3.05) is 20.3 Å². The van der Waals surface area contributed by atoms with Crippen LogP contribution in [-0.4, -0.2) is 31.4 Å². The van der Waals surface area contributed by atoms with Crippen molar-refractivity contribution in [2.24, 2.45) is 0 Å². The van der Waals surface area contributed by atoms with E-state index in [4.69, 9.17) is 9.47 Å². The van der Waals surface area contributed by atoms with E-state index in [0.717, 1.165) is 11.8 Å². The highest BCUT2D eigenvalue weighted by atomic mass is 16.5. The number of methoxy groups -OCH3 is 1. The van der Waals surface area contributed by atoms with Gasteiger partial charge in [0.25, 0.3) is 0 Å². The van der Waals surface area contributed by atoms with Gasteiger partial charge in [-0.3, -0.25) is 0 Å². The van der Waals surface area contributed by atoms with E-state index < -0.39 is 5.97 Å². The number of carboxylic acids is 1. The van der Waals surface area contributed by atoms with Crippen LogP contribution in [0.15, 0.2) is 36.4 Å². The summed E-state index contributed by atoms with van der Waals surface area (Å²) in [6, 6.07) is 11.0. The minimum Gasteiger partial charge on any atom is -0.493 e. The molecule has 0 atom stereocenters. The molecule has 2 rings (SSSR count). The normalized spacial score (nSPS) is 10.6. The van der Waals surface area contributed by atoms with Crippen LogP contribution in [0.4, 0.5) is 0 Å². The third kappa shape index (κ3) is 3.03. The maximum Gasteiger partial charge on any atom is 0.340 e. The van der Waals surface area contributed by atoms with E-state index in [9.17, 15) is 9.90 Å². The molecule has 0 unspecified atom stereocenters. The van der Waals surface area contributed by atoms with Crippen molar-refractivity contribution in [1.82, 2.24) is 0 Å². The van der Waals surface area contributed by atoms with Crippen molar-refractivity contribution >= 4 is 16.7 Å². The smallest absolute Gasteiger partial charge is 0.340 e. The molecule has 0 aliphatic carbocycles. The average molecular weight is 260 g/mol. The fraction of sp³-hybridized carbons (Fsp3) is 0.267. The SMILES string of the molecule is COCCCOc1ccc2ccccc2c1C(=O)O. The van der Waals surface area contributed by atoms with Crippen molar-refractivity contribution in [3.8, 4) is 5.75 Å². The van der Waals surface area contributed by atoms with Crippen molar-refractivity contribution in [3.63, 3.8) is 0 Å². The van der Waals surface area contributed by atoms with Crippen molar-refractivity contribution < 1.29 is 19.4 Å². The first-order valence-corrected chi connectivity index (χ1v) is 6.11. The van der Waals surface area contributed by atoms with Gasteiger partial charge in [-0.25, -0.2) is 4.79 Å². The molecule has 19 heavy (non-hydrogen) atoms. The lowest BCUT2D eigenvalue weighted by Gasteiger charge is -2.11. The second kappa shape index (κ2) is 6.20. The molecule has 0 aromatic heterocycles. The van der Waals surface area contributed by atoms with Crippen LogP contribution in [0.1, 0.15) is 16.8 Å². The topological polar surface area (TPSA) is 55.8 Å². The molecule has 4 heteroatoms. The minimum absolute atomic E-state index is 0.218. The lowest BCUT2D eigenvalue weighted by Crippen LogP contribution is -2.06. The monoisotopic (exact) mass is 260 g/mol. The third-order valence-electron chi connectivity index (χ3n) is 2.86. The van der Waals surface area contributed by atoms with Crippen LogP contribution in [0, 0.1) is 0 Å². The molecule has 1 N–H and O–H groups in total. The van der Waals surface area contributed by atoms with Crippen molar-refractivity contribution in [1.29, 1.82) is 0 Å². The van der Waals surface area contributed by atoms with Crippen molar-refractivity contribution in [2.45, 2.75) is 6.42 Å². The largest absolute Gasteiger partial charge is 0.493 e. The zero-order chi connectivity index (χ0) is 13.7. The molecule has 0 saturated carbocycles. The Bertz CT molecular complexity index is 577. The molecule has 0 radical (unpaired) electrons. The molecule has 0 amide bonds. The number of rotatable bonds is 6. The summed E-state index contributed by atoms with van der Waals surface area (Å²) in [5, 5.41) is 10.9. The van der Waals surface area contributed by atoms with Gasteiger partial charge in [0.05, 0.1) is 6.61 Å². The minimum atomic E-state index is -0.974. The molecule has 0 bridgehead atoms. The lowest BCUT2D eigenvalue weighted by atomic mass is 10.0. The molecule has 0 aliphatic rings. The highest BCUT2D eigenvalue weighted by Gasteiger charge is 2.15. The highest BCUT2D eigenvalue weighted by Crippen LogP contribution is 2.28. The zero-order valence-corrected chi connectivity index (χ0v) is 10.8. The van der Waals surface area contributed by atoms with E-state index in [0.29, 0.717) is 24.3 Å². The second-order valence-electron chi connectivity index (χ2n) is 4.16. The number of fused-ring (bicyclic) bond motifs is 1. The average Bonchev–Trinajstić information content (AvgIpc) is 2.42. The zero-order valence-electron chi connectivity index (χ0n) is 10.8. The standard InChI is InChI=1S/C15H16O4/c1-18-9-4-10-19-13-8-7-11-5-2-3-6-12(11)14(13)15(16)17/h2-3,5-8H,4,9-10H2,1H3,(H,16,17). The number of hydrogen-bond donors (Lipinski definition) is 1. The van der Waals surface area contributed by atoms with Gasteiger partial charge in [-0.1, -0.05) is 30.3 Å². The summed E-state index contributed by atoms with van der Waals surface area (Å²) in [6.07, 6.45) is 0.725. The fourth-order valence-electron chi connectivity index (χ4n) is 1.98. The van der Waals surface area contributed by atoms with Gasteiger partial charge in [0.15, 0.2) is 0 Å². The van der Waals surface area contributed by atoms with E-state index in [1.807, 2.05) is 24.3 Å². The van der Waals surface area contributed by atoms with Gasteiger partial charge >= 0.3 is 5.97 Å². The molecule has 0 fully saturated rings. The first kappa shape index (κ1) is 13.4. The Labute approximate surface area is 111 Å². The fourth-order valence-corrected chi connectivity index (χ4v) is 1.98. The Hall–Kier alpha value is -2.07. The van der Waals surface area contributed by atoms with Gasteiger partial charge in [0.1, 0.15) is 11.3 Å². The summed E-state index contributed by atoms with van der Waals surface area (Å²) in [4.78, 5) is 11.4. The maximum atomic E-state index is 11.4. The van der Waals surface area contributed by atoms with E-state index in [1.165, 1.54) is 0 Å². The van der Waals surface area contributed by atoms with Crippen LogP contribution in [0.2, 0.25) is 0 Å². The van der Waals surface area contributed by atoms with Crippen LogP contribution in [0.5, 0.6) is 5.75 Å². The molecule has 0 aliphatic heterocycles. The van der Waals surface area contributed by atoms with E-state index in [1.54, 1.807) is 19.2 Å². The van der Waals surface area contributed by atoms with Gasteiger partial charge in [0.2, 0.25) is 0 Å². The summed E-state index contributed by atoms with van der Waals surface area (Å²) in [5.74, 6) is -0.569. The Balaban J connectivity index is 2.32. The first-order chi connectivity index (χ1) is 9.24. The van der Waals surface area contributed by atoms with Gasteiger partial charge in [-0.05, 0) is 16.8 Å². The summed E-state index contributed by atoms with van der Waals surface area (Å²) >= 11 is 0. The van der Waals surface area contributed by atoms with Crippen LogP contribution >= 0.6 is 0 Å². The number of benzene rings is 2. The molecule has 0 spiro atoms. The molecule has 0 saturated heterocycles.